The summed E-state index contributed by atoms with van der Waals surface area (Å²) in [5.41, 5.74) is 2.63. The predicted octanol–water partition coefficient (Wildman–Crippen LogP) is 3.36. The van der Waals surface area contributed by atoms with Gasteiger partial charge in [-0.3, -0.25) is 15.1 Å². The molecule has 8 nitrogen and oxygen atoms in total. The number of anilines is 2. The standard InChI is InChI=1S/C15H11N5O3/c1-8-9(2)19-23-15(8)18-14-10(6-16)7-17-13-4-3-11(20(21)22)5-12(13)14/h3-5,7H,1-2H3,(H,17,18). The fourth-order valence-corrected chi connectivity index (χ4v) is 2.16. The van der Waals surface area contributed by atoms with Crippen LogP contribution in [0.2, 0.25) is 0 Å². The van der Waals surface area contributed by atoms with Gasteiger partial charge in [0.05, 0.1) is 27.4 Å². The van der Waals surface area contributed by atoms with Gasteiger partial charge in [0, 0.05) is 29.3 Å². The Morgan fingerprint density at radius 3 is 2.78 bits per heavy atom. The van der Waals surface area contributed by atoms with Gasteiger partial charge in [-0.05, 0) is 19.9 Å². The zero-order chi connectivity index (χ0) is 16.6. The van der Waals surface area contributed by atoms with E-state index in [1.165, 1.54) is 24.4 Å². The summed E-state index contributed by atoms with van der Waals surface area (Å²) in [5, 5.41) is 27.6. The van der Waals surface area contributed by atoms with Crippen molar-refractivity contribution in [2.24, 2.45) is 0 Å². The van der Waals surface area contributed by atoms with E-state index < -0.39 is 4.92 Å². The van der Waals surface area contributed by atoms with Gasteiger partial charge in [0.15, 0.2) is 0 Å². The van der Waals surface area contributed by atoms with E-state index in [1.807, 2.05) is 13.0 Å². The molecule has 2 heterocycles. The molecule has 0 fully saturated rings. The monoisotopic (exact) mass is 309 g/mol. The minimum absolute atomic E-state index is 0.0806. The number of benzene rings is 1. The number of pyridine rings is 1. The zero-order valence-electron chi connectivity index (χ0n) is 12.3. The topological polar surface area (TPSA) is 118 Å². The number of aromatic nitrogens is 2. The number of nitriles is 1. The van der Waals surface area contributed by atoms with Crippen molar-refractivity contribution in [3.8, 4) is 6.07 Å². The van der Waals surface area contributed by atoms with Gasteiger partial charge in [0.2, 0.25) is 5.88 Å². The number of aryl methyl sites for hydroxylation is 1. The fraction of sp³-hybridized carbons (Fsp3) is 0.133. The van der Waals surface area contributed by atoms with E-state index in [2.05, 4.69) is 15.5 Å². The number of hydrogen-bond donors (Lipinski definition) is 1. The number of nitrogens with zero attached hydrogens (tertiary/aromatic N) is 4. The number of nitrogens with one attached hydrogen (secondary N) is 1. The maximum atomic E-state index is 11.0. The molecular weight excluding hydrogens is 298 g/mol. The summed E-state index contributed by atoms with van der Waals surface area (Å²) in [6, 6.07) is 6.32. The lowest BCUT2D eigenvalue weighted by molar-refractivity contribution is -0.384. The summed E-state index contributed by atoms with van der Waals surface area (Å²) >= 11 is 0. The molecule has 0 spiro atoms. The molecule has 0 saturated carbocycles. The molecule has 0 aliphatic rings. The first-order valence-electron chi connectivity index (χ1n) is 6.68. The van der Waals surface area contributed by atoms with E-state index in [9.17, 15) is 15.4 Å². The van der Waals surface area contributed by atoms with Gasteiger partial charge in [0.25, 0.3) is 5.69 Å². The Balaban J connectivity index is 2.23. The van der Waals surface area contributed by atoms with Crippen molar-refractivity contribution in [2.45, 2.75) is 13.8 Å². The lowest BCUT2D eigenvalue weighted by atomic mass is 10.1. The molecule has 3 aromatic rings. The van der Waals surface area contributed by atoms with Crippen molar-refractivity contribution < 1.29 is 9.45 Å². The smallest absolute Gasteiger partial charge is 0.270 e. The van der Waals surface area contributed by atoms with Crippen LogP contribution in [0.4, 0.5) is 17.3 Å². The Labute approximate surface area is 130 Å². The van der Waals surface area contributed by atoms with Crippen LogP contribution in [-0.4, -0.2) is 15.1 Å². The van der Waals surface area contributed by atoms with Gasteiger partial charge in [-0.1, -0.05) is 5.16 Å². The van der Waals surface area contributed by atoms with Gasteiger partial charge >= 0.3 is 0 Å². The van der Waals surface area contributed by atoms with Crippen molar-refractivity contribution in [2.75, 3.05) is 5.32 Å². The van der Waals surface area contributed by atoms with E-state index in [-0.39, 0.29) is 11.3 Å². The molecule has 0 bridgehead atoms. The Morgan fingerprint density at radius 1 is 1.39 bits per heavy atom. The predicted molar refractivity (Wildman–Crippen MR) is 82.4 cm³/mol. The highest BCUT2D eigenvalue weighted by atomic mass is 16.6. The van der Waals surface area contributed by atoms with Crippen LogP contribution >= 0.6 is 0 Å². The number of fused-ring (bicyclic) bond motifs is 1. The van der Waals surface area contributed by atoms with Crippen LogP contribution in [0.15, 0.2) is 28.9 Å². The molecule has 0 saturated heterocycles. The zero-order valence-corrected chi connectivity index (χ0v) is 12.3. The second-order valence-corrected chi connectivity index (χ2v) is 4.96. The Kier molecular flexibility index (Phi) is 3.38. The van der Waals surface area contributed by atoms with Crippen molar-refractivity contribution >= 4 is 28.2 Å². The van der Waals surface area contributed by atoms with Gasteiger partial charge in [0.1, 0.15) is 6.07 Å². The lowest BCUT2D eigenvalue weighted by Gasteiger charge is -2.09. The van der Waals surface area contributed by atoms with Crippen molar-refractivity contribution in [3.63, 3.8) is 0 Å². The van der Waals surface area contributed by atoms with Crippen LogP contribution in [0.5, 0.6) is 0 Å². The van der Waals surface area contributed by atoms with Gasteiger partial charge in [-0.15, -0.1) is 0 Å². The molecule has 0 aliphatic heterocycles. The Bertz CT molecular complexity index is 971. The third-order valence-corrected chi connectivity index (χ3v) is 3.58. The number of nitro benzene ring substituents is 1. The minimum Gasteiger partial charge on any atom is -0.338 e. The highest BCUT2D eigenvalue weighted by molar-refractivity contribution is 5.96. The number of non-ortho nitro benzene ring substituents is 1. The minimum atomic E-state index is -0.494. The van der Waals surface area contributed by atoms with Crippen molar-refractivity contribution in [3.05, 3.63) is 51.3 Å². The second-order valence-electron chi connectivity index (χ2n) is 4.96. The van der Waals surface area contributed by atoms with E-state index in [4.69, 9.17) is 4.52 Å². The highest BCUT2D eigenvalue weighted by Gasteiger charge is 2.16. The SMILES string of the molecule is Cc1noc(Nc2c(C#N)cnc3ccc([N+](=O)[O-])cc23)c1C. The second kappa shape index (κ2) is 5.38. The molecule has 3 rings (SSSR count). The normalized spacial score (nSPS) is 10.5. The highest BCUT2D eigenvalue weighted by Crippen LogP contribution is 2.32. The van der Waals surface area contributed by atoms with E-state index in [0.717, 1.165) is 11.3 Å². The maximum absolute atomic E-state index is 11.0. The molecule has 8 heteroatoms. The molecule has 0 aliphatic carbocycles. The first kappa shape index (κ1) is 14.5. The summed E-state index contributed by atoms with van der Waals surface area (Å²) in [5.74, 6) is 0.387. The maximum Gasteiger partial charge on any atom is 0.270 e. The van der Waals surface area contributed by atoms with E-state index in [0.29, 0.717) is 22.5 Å². The molecule has 2 aromatic heterocycles. The first-order valence-corrected chi connectivity index (χ1v) is 6.68. The van der Waals surface area contributed by atoms with E-state index >= 15 is 0 Å². The van der Waals surface area contributed by atoms with Crippen LogP contribution in [0.3, 0.4) is 0 Å². The van der Waals surface area contributed by atoms with Crippen LogP contribution in [0.25, 0.3) is 10.9 Å². The molecular formula is C15H11N5O3. The Hall–Kier alpha value is -3.47. The van der Waals surface area contributed by atoms with Crippen molar-refractivity contribution in [1.82, 2.24) is 10.1 Å². The van der Waals surface area contributed by atoms with Crippen LogP contribution in [0.1, 0.15) is 16.8 Å². The molecule has 0 amide bonds. The van der Waals surface area contributed by atoms with Gasteiger partial charge in [-0.2, -0.15) is 5.26 Å². The molecule has 0 unspecified atom stereocenters. The number of nitro groups is 1. The Morgan fingerprint density at radius 2 is 2.17 bits per heavy atom. The average Bonchev–Trinajstić information content (AvgIpc) is 2.86. The molecule has 114 valence electrons. The first-order chi connectivity index (χ1) is 11.0. The van der Waals surface area contributed by atoms with Crippen LogP contribution in [-0.2, 0) is 0 Å². The molecule has 23 heavy (non-hydrogen) atoms. The van der Waals surface area contributed by atoms with Crippen LogP contribution < -0.4 is 5.32 Å². The summed E-state index contributed by atoms with van der Waals surface area (Å²) < 4.78 is 5.20. The summed E-state index contributed by atoms with van der Waals surface area (Å²) in [4.78, 5) is 14.7. The third kappa shape index (κ3) is 2.44. The third-order valence-electron chi connectivity index (χ3n) is 3.58. The molecule has 0 atom stereocenters. The molecule has 1 N–H and O–H groups in total. The molecule has 0 radical (unpaired) electrons. The van der Waals surface area contributed by atoms with E-state index in [1.54, 1.807) is 6.92 Å². The van der Waals surface area contributed by atoms with Crippen LogP contribution in [0, 0.1) is 35.3 Å². The summed E-state index contributed by atoms with van der Waals surface area (Å²) in [6.45, 7) is 3.62. The van der Waals surface area contributed by atoms with Gasteiger partial charge < -0.3 is 9.84 Å². The van der Waals surface area contributed by atoms with Crippen molar-refractivity contribution in [1.29, 1.82) is 5.26 Å². The largest absolute Gasteiger partial charge is 0.338 e. The average molecular weight is 309 g/mol. The quantitative estimate of drug-likeness (QED) is 0.582. The fourth-order valence-electron chi connectivity index (χ4n) is 2.16. The summed E-state index contributed by atoms with van der Waals surface area (Å²) in [6.07, 6.45) is 1.41. The van der Waals surface area contributed by atoms with Gasteiger partial charge in [-0.25, -0.2) is 0 Å². The lowest BCUT2D eigenvalue weighted by Crippen LogP contribution is -1.98. The summed E-state index contributed by atoms with van der Waals surface area (Å²) in [7, 11) is 0. The number of hydrogen-bond acceptors (Lipinski definition) is 7. The number of rotatable bonds is 3. The molecule has 1 aromatic carbocycles.